The van der Waals surface area contributed by atoms with Crippen LogP contribution in [0.5, 0.6) is 23.0 Å². The summed E-state index contributed by atoms with van der Waals surface area (Å²) >= 11 is 0. The molecule has 1 aliphatic rings. The molecule has 39 heavy (non-hydrogen) atoms. The molecule has 0 aliphatic carbocycles. The summed E-state index contributed by atoms with van der Waals surface area (Å²) in [6, 6.07) is 20.5. The largest absolute Gasteiger partial charge is 0.493 e. The maximum absolute atomic E-state index is 5.57. The van der Waals surface area contributed by atoms with Crippen molar-refractivity contribution >= 4 is 11.5 Å². The second kappa shape index (κ2) is 11.9. The van der Waals surface area contributed by atoms with E-state index < -0.39 is 0 Å². The average Bonchev–Trinajstić information content (AvgIpc) is 3.00. The molecule has 0 saturated heterocycles. The number of anilines is 2. The van der Waals surface area contributed by atoms with Gasteiger partial charge in [0, 0.05) is 25.8 Å². The van der Waals surface area contributed by atoms with Crippen LogP contribution >= 0.6 is 0 Å². The minimum atomic E-state index is 0.632. The summed E-state index contributed by atoms with van der Waals surface area (Å²) in [5.74, 6) is 3.72. The number of methoxy groups -OCH3 is 4. The van der Waals surface area contributed by atoms with Gasteiger partial charge >= 0.3 is 0 Å². The molecule has 1 aliphatic heterocycles. The van der Waals surface area contributed by atoms with Crippen molar-refractivity contribution in [3.8, 4) is 23.0 Å². The number of aromatic nitrogens is 2. The smallest absolute Gasteiger partial charge is 0.161 e. The summed E-state index contributed by atoms with van der Waals surface area (Å²) in [7, 11) is 6.60. The number of benzene rings is 2. The van der Waals surface area contributed by atoms with E-state index in [1.54, 1.807) is 34.6 Å². The topological polar surface area (TPSA) is 69.2 Å². The SMILES string of the molecule is COc1ccc(CN(Cc2ccc(OC)c(OC)c2)c2ccc3c(n2)CN(c2cccnc2)CC3)cc1OC. The highest BCUT2D eigenvalue weighted by Crippen LogP contribution is 2.32. The summed E-state index contributed by atoms with van der Waals surface area (Å²) in [6.07, 6.45) is 4.66. The molecule has 0 fully saturated rings. The van der Waals surface area contributed by atoms with Gasteiger partial charge in [-0.1, -0.05) is 18.2 Å². The Labute approximate surface area is 229 Å². The second-order valence-corrected chi connectivity index (χ2v) is 9.39. The lowest BCUT2D eigenvalue weighted by Gasteiger charge is -2.31. The van der Waals surface area contributed by atoms with E-state index in [2.05, 4.69) is 45.1 Å². The van der Waals surface area contributed by atoms with Gasteiger partial charge in [0.05, 0.1) is 52.6 Å². The predicted molar refractivity (Wildman–Crippen MR) is 152 cm³/mol. The molecule has 0 amide bonds. The highest BCUT2D eigenvalue weighted by molar-refractivity contribution is 5.51. The van der Waals surface area contributed by atoms with Crippen LogP contribution in [-0.2, 0) is 26.1 Å². The van der Waals surface area contributed by atoms with Crippen LogP contribution in [0.1, 0.15) is 22.4 Å². The molecule has 0 N–H and O–H groups in total. The van der Waals surface area contributed by atoms with E-state index in [4.69, 9.17) is 23.9 Å². The van der Waals surface area contributed by atoms with Crippen LogP contribution < -0.4 is 28.7 Å². The molecule has 4 aromatic rings. The number of fused-ring (bicyclic) bond motifs is 1. The van der Waals surface area contributed by atoms with Gasteiger partial charge in [-0.25, -0.2) is 4.98 Å². The van der Waals surface area contributed by atoms with Gasteiger partial charge < -0.3 is 28.7 Å². The van der Waals surface area contributed by atoms with E-state index in [9.17, 15) is 0 Å². The zero-order valence-corrected chi connectivity index (χ0v) is 22.9. The van der Waals surface area contributed by atoms with Gasteiger partial charge in [-0.05, 0) is 65.6 Å². The van der Waals surface area contributed by atoms with Gasteiger partial charge in [0.25, 0.3) is 0 Å². The van der Waals surface area contributed by atoms with Crippen LogP contribution in [0.2, 0.25) is 0 Å². The van der Waals surface area contributed by atoms with Crippen LogP contribution in [0.15, 0.2) is 73.1 Å². The van der Waals surface area contributed by atoms with E-state index >= 15 is 0 Å². The van der Waals surface area contributed by atoms with E-state index in [0.717, 1.165) is 47.8 Å². The molecule has 0 unspecified atom stereocenters. The third-order valence-corrected chi connectivity index (χ3v) is 7.02. The standard InChI is InChI=1S/C31H34N4O4/c1-36-27-10-7-22(16-29(27)38-3)19-35(20-23-8-11-28(37-2)30(17-23)39-4)31-12-9-24-13-15-34(21-26(24)33-31)25-6-5-14-32-18-25/h5-12,14,16-18H,13,15,19-21H2,1-4H3. The highest BCUT2D eigenvalue weighted by atomic mass is 16.5. The molecule has 8 nitrogen and oxygen atoms in total. The summed E-state index contributed by atoms with van der Waals surface area (Å²) in [4.78, 5) is 14.1. The molecule has 0 atom stereocenters. The lowest BCUT2D eigenvalue weighted by atomic mass is 10.0. The van der Waals surface area contributed by atoms with Crippen molar-refractivity contribution in [2.45, 2.75) is 26.1 Å². The molecule has 0 saturated carbocycles. The molecule has 0 spiro atoms. The zero-order chi connectivity index (χ0) is 27.2. The van der Waals surface area contributed by atoms with Gasteiger partial charge in [-0.2, -0.15) is 0 Å². The summed E-state index contributed by atoms with van der Waals surface area (Å²) in [5.41, 5.74) is 5.67. The van der Waals surface area contributed by atoms with Crippen molar-refractivity contribution in [3.63, 3.8) is 0 Å². The molecular weight excluding hydrogens is 492 g/mol. The molecule has 5 rings (SSSR count). The lowest BCUT2D eigenvalue weighted by molar-refractivity contribution is 0.354. The first kappa shape index (κ1) is 26.2. The lowest BCUT2D eigenvalue weighted by Crippen LogP contribution is -2.32. The van der Waals surface area contributed by atoms with E-state index in [1.807, 2.05) is 36.5 Å². The monoisotopic (exact) mass is 526 g/mol. The Morgan fingerprint density at radius 3 is 1.97 bits per heavy atom. The molecule has 2 aromatic heterocycles. The van der Waals surface area contributed by atoms with Gasteiger partial charge in [0.15, 0.2) is 23.0 Å². The molecule has 8 heteroatoms. The quantitative estimate of drug-likeness (QED) is 0.277. The van der Waals surface area contributed by atoms with Crippen LogP contribution in [0.3, 0.4) is 0 Å². The third kappa shape index (κ3) is 5.85. The van der Waals surface area contributed by atoms with Crippen molar-refractivity contribution in [2.24, 2.45) is 0 Å². The van der Waals surface area contributed by atoms with Gasteiger partial charge in [-0.3, -0.25) is 4.98 Å². The number of hydrogen-bond acceptors (Lipinski definition) is 8. The van der Waals surface area contributed by atoms with Gasteiger partial charge in [0.2, 0.25) is 0 Å². The van der Waals surface area contributed by atoms with Crippen molar-refractivity contribution < 1.29 is 18.9 Å². The average molecular weight is 527 g/mol. The van der Waals surface area contributed by atoms with E-state index in [-0.39, 0.29) is 0 Å². The van der Waals surface area contributed by atoms with Crippen LogP contribution in [-0.4, -0.2) is 45.0 Å². The summed E-state index contributed by atoms with van der Waals surface area (Å²) in [6.45, 7) is 2.95. The van der Waals surface area contributed by atoms with Crippen LogP contribution in [0.4, 0.5) is 11.5 Å². The van der Waals surface area contributed by atoms with Gasteiger partial charge in [0.1, 0.15) is 5.82 Å². The number of ether oxygens (including phenoxy) is 4. The molecule has 3 heterocycles. The Morgan fingerprint density at radius 1 is 0.769 bits per heavy atom. The Morgan fingerprint density at radius 2 is 1.41 bits per heavy atom. The van der Waals surface area contributed by atoms with Crippen molar-refractivity contribution in [2.75, 3.05) is 44.8 Å². The number of rotatable bonds is 10. The molecule has 0 bridgehead atoms. The fraction of sp³-hybridized carbons (Fsp3) is 0.290. The third-order valence-electron chi connectivity index (χ3n) is 7.02. The van der Waals surface area contributed by atoms with Crippen molar-refractivity contribution in [1.29, 1.82) is 0 Å². The fourth-order valence-corrected chi connectivity index (χ4v) is 4.95. The second-order valence-electron chi connectivity index (χ2n) is 9.39. The van der Waals surface area contributed by atoms with Gasteiger partial charge in [-0.15, -0.1) is 0 Å². The predicted octanol–water partition coefficient (Wildman–Crippen LogP) is 5.28. The van der Waals surface area contributed by atoms with Crippen LogP contribution in [0, 0.1) is 0 Å². The Hall–Kier alpha value is -4.46. The minimum Gasteiger partial charge on any atom is -0.493 e. The normalized spacial score (nSPS) is 12.5. The number of hydrogen-bond donors (Lipinski definition) is 0. The van der Waals surface area contributed by atoms with Crippen LogP contribution in [0.25, 0.3) is 0 Å². The fourth-order valence-electron chi connectivity index (χ4n) is 4.95. The molecule has 2 aromatic carbocycles. The first-order valence-corrected chi connectivity index (χ1v) is 12.9. The molecule has 0 radical (unpaired) electrons. The Kier molecular flexibility index (Phi) is 8.01. The summed E-state index contributed by atoms with van der Waals surface area (Å²) < 4.78 is 22.0. The van der Waals surface area contributed by atoms with Crippen molar-refractivity contribution in [3.05, 3.63) is 95.4 Å². The zero-order valence-electron chi connectivity index (χ0n) is 22.9. The highest BCUT2D eigenvalue weighted by Gasteiger charge is 2.21. The number of pyridine rings is 2. The Balaban J connectivity index is 1.48. The first-order valence-electron chi connectivity index (χ1n) is 12.9. The summed E-state index contributed by atoms with van der Waals surface area (Å²) in [5, 5.41) is 0. The molecular formula is C31H34N4O4. The minimum absolute atomic E-state index is 0.632. The van der Waals surface area contributed by atoms with E-state index in [1.165, 1.54) is 5.56 Å². The van der Waals surface area contributed by atoms with E-state index in [0.29, 0.717) is 36.1 Å². The maximum Gasteiger partial charge on any atom is 0.161 e. The molecule has 202 valence electrons. The van der Waals surface area contributed by atoms with Crippen molar-refractivity contribution in [1.82, 2.24) is 9.97 Å². The Bertz CT molecular complexity index is 1360. The maximum atomic E-state index is 5.57. The number of nitrogens with zero attached hydrogens (tertiary/aromatic N) is 4. The first-order chi connectivity index (χ1) is 19.1.